The van der Waals surface area contributed by atoms with Gasteiger partial charge in [0.2, 0.25) is 17.6 Å². The third-order valence-electron chi connectivity index (χ3n) is 3.04. The maximum atomic E-state index is 13.4. The van der Waals surface area contributed by atoms with Crippen molar-refractivity contribution in [3.05, 3.63) is 39.7 Å². The standard InChI is InChI=1S/C12H11FN2O4/c13-9-6-7(1-3-10(9)15(18)19)5-8-2-4-11(16)14-12(8)17/h1,3,6,8H,2,4-5H2,(H,14,16,17). The molecule has 1 N–H and O–H groups in total. The van der Waals surface area contributed by atoms with Crippen LogP contribution in [0.3, 0.4) is 0 Å². The maximum absolute atomic E-state index is 13.4. The normalized spacial score (nSPS) is 19.1. The van der Waals surface area contributed by atoms with E-state index >= 15 is 0 Å². The summed E-state index contributed by atoms with van der Waals surface area (Å²) in [6.07, 6.45) is 0.920. The van der Waals surface area contributed by atoms with Gasteiger partial charge in [-0.05, 0) is 24.5 Å². The van der Waals surface area contributed by atoms with Crippen LogP contribution in [-0.4, -0.2) is 16.7 Å². The van der Waals surface area contributed by atoms with Crippen molar-refractivity contribution in [3.63, 3.8) is 0 Å². The number of hydrogen-bond donors (Lipinski definition) is 1. The van der Waals surface area contributed by atoms with E-state index in [1.54, 1.807) is 0 Å². The number of piperidine rings is 1. The van der Waals surface area contributed by atoms with E-state index in [0.29, 0.717) is 12.0 Å². The van der Waals surface area contributed by atoms with Crippen molar-refractivity contribution in [1.82, 2.24) is 5.32 Å². The number of nitro groups is 1. The molecular weight excluding hydrogens is 255 g/mol. The smallest absolute Gasteiger partial charge is 0.296 e. The van der Waals surface area contributed by atoms with Crippen molar-refractivity contribution in [2.24, 2.45) is 5.92 Å². The van der Waals surface area contributed by atoms with Crippen LogP contribution in [0, 0.1) is 21.8 Å². The molecule has 100 valence electrons. The quantitative estimate of drug-likeness (QED) is 0.507. The third-order valence-corrected chi connectivity index (χ3v) is 3.04. The Bertz CT molecular complexity index is 559. The van der Waals surface area contributed by atoms with Crippen LogP contribution in [0.5, 0.6) is 0 Å². The summed E-state index contributed by atoms with van der Waals surface area (Å²) in [5.74, 6) is -2.01. The Balaban J connectivity index is 2.11. The van der Waals surface area contributed by atoms with Crippen LogP contribution in [0.4, 0.5) is 10.1 Å². The molecule has 0 radical (unpaired) electrons. The zero-order valence-corrected chi connectivity index (χ0v) is 9.89. The van der Waals surface area contributed by atoms with E-state index in [1.807, 2.05) is 0 Å². The summed E-state index contributed by atoms with van der Waals surface area (Å²) in [4.78, 5) is 32.2. The molecule has 1 aromatic rings. The van der Waals surface area contributed by atoms with E-state index in [4.69, 9.17) is 0 Å². The molecule has 2 amide bonds. The molecule has 1 aliphatic heterocycles. The van der Waals surface area contributed by atoms with E-state index in [1.165, 1.54) is 6.07 Å². The number of halogens is 1. The van der Waals surface area contributed by atoms with Gasteiger partial charge < -0.3 is 0 Å². The van der Waals surface area contributed by atoms with Crippen LogP contribution in [0.2, 0.25) is 0 Å². The minimum absolute atomic E-state index is 0.256. The summed E-state index contributed by atoms with van der Waals surface area (Å²) in [5.41, 5.74) is -0.0929. The van der Waals surface area contributed by atoms with E-state index in [0.717, 1.165) is 12.1 Å². The summed E-state index contributed by atoms with van der Waals surface area (Å²) in [6.45, 7) is 0. The number of rotatable bonds is 3. The lowest BCUT2D eigenvalue weighted by Gasteiger charge is -2.20. The van der Waals surface area contributed by atoms with Crippen LogP contribution in [0.25, 0.3) is 0 Å². The number of nitrogens with one attached hydrogen (secondary N) is 1. The molecule has 2 rings (SSSR count). The van der Waals surface area contributed by atoms with E-state index in [2.05, 4.69) is 5.32 Å². The van der Waals surface area contributed by atoms with Gasteiger partial charge in [0.05, 0.1) is 4.92 Å². The van der Waals surface area contributed by atoms with Gasteiger partial charge in [0.25, 0.3) is 0 Å². The topological polar surface area (TPSA) is 89.3 Å². The average molecular weight is 266 g/mol. The SMILES string of the molecule is O=C1CCC(Cc2ccc([N+](=O)[O-])c(F)c2)C(=O)N1. The minimum atomic E-state index is -0.921. The molecule has 7 heteroatoms. The first-order chi connectivity index (χ1) is 8.97. The van der Waals surface area contributed by atoms with Crippen molar-refractivity contribution in [2.75, 3.05) is 0 Å². The summed E-state index contributed by atoms with van der Waals surface area (Å²) in [5, 5.41) is 12.7. The molecule has 19 heavy (non-hydrogen) atoms. The molecule has 0 aliphatic carbocycles. The molecule has 1 fully saturated rings. The Hall–Kier alpha value is -2.31. The molecule has 1 saturated heterocycles. The van der Waals surface area contributed by atoms with Crippen molar-refractivity contribution >= 4 is 17.5 Å². The third kappa shape index (κ3) is 2.93. The van der Waals surface area contributed by atoms with Gasteiger partial charge in [-0.1, -0.05) is 6.07 Å². The lowest BCUT2D eigenvalue weighted by atomic mass is 9.91. The number of carbonyl (C=O) groups is 2. The zero-order valence-electron chi connectivity index (χ0n) is 9.89. The zero-order chi connectivity index (χ0) is 14.0. The molecule has 1 aliphatic rings. The molecule has 0 spiro atoms. The lowest BCUT2D eigenvalue weighted by molar-refractivity contribution is -0.387. The number of hydrogen-bond acceptors (Lipinski definition) is 4. The molecule has 0 saturated carbocycles. The van der Waals surface area contributed by atoms with E-state index in [9.17, 15) is 24.1 Å². The van der Waals surface area contributed by atoms with Gasteiger partial charge in [-0.15, -0.1) is 0 Å². The van der Waals surface area contributed by atoms with Gasteiger partial charge in [0, 0.05) is 18.4 Å². The molecule has 1 heterocycles. The largest absolute Gasteiger partial charge is 0.304 e. The molecule has 0 aromatic heterocycles. The summed E-state index contributed by atoms with van der Waals surface area (Å²) in [6, 6.07) is 3.56. The predicted octanol–water partition coefficient (Wildman–Crippen LogP) is 1.33. The van der Waals surface area contributed by atoms with E-state index in [-0.39, 0.29) is 24.7 Å². The first-order valence-corrected chi connectivity index (χ1v) is 5.74. The second-order valence-corrected chi connectivity index (χ2v) is 4.40. The Labute approximate surface area is 107 Å². The molecule has 1 unspecified atom stereocenters. The van der Waals surface area contributed by atoms with Crippen molar-refractivity contribution < 1.29 is 18.9 Å². The number of nitrogens with zero attached hydrogens (tertiary/aromatic N) is 1. The van der Waals surface area contributed by atoms with Gasteiger partial charge in [0.1, 0.15) is 0 Å². The predicted molar refractivity (Wildman–Crippen MR) is 62.6 cm³/mol. The maximum Gasteiger partial charge on any atom is 0.304 e. The molecule has 1 aromatic carbocycles. The van der Waals surface area contributed by atoms with Gasteiger partial charge >= 0.3 is 5.69 Å². The Kier molecular flexibility index (Phi) is 3.55. The lowest BCUT2D eigenvalue weighted by Crippen LogP contribution is -2.41. The Morgan fingerprint density at radius 2 is 2.16 bits per heavy atom. The number of imide groups is 1. The van der Waals surface area contributed by atoms with Crippen LogP contribution < -0.4 is 5.32 Å². The van der Waals surface area contributed by atoms with Crippen molar-refractivity contribution in [2.45, 2.75) is 19.3 Å². The number of benzene rings is 1. The van der Waals surface area contributed by atoms with Crippen LogP contribution in [0.1, 0.15) is 18.4 Å². The van der Waals surface area contributed by atoms with E-state index < -0.39 is 22.3 Å². The highest BCUT2D eigenvalue weighted by Gasteiger charge is 2.27. The van der Waals surface area contributed by atoms with Gasteiger partial charge in [0.15, 0.2) is 0 Å². The fourth-order valence-electron chi connectivity index (χ4n) is 2.04. The fraction of sp³-hybridized carbons (Fsp3) is 0.333. The van der Waals surface area contributed by atoms with Crippen LogP contribution >= 0.6 is 0 Å². The number of carbonyl (C=O) groups excluding carboxylic acids is 2. The van der Waals surface area contributed by atoms with Gasteiger partial charge in [-0.25, -0.2) is 0 Å². The number of amides is 2. The second-order valence-electron chi connectivity index (χ2n) is 4.40. The monoisotopic (exact) mass is 266 g/mol. The summed E-state index contributed by atoms with van der Waals surface area (Å²) in [7, 11) is 0. The van der Waals surface area contributed by atoms with Crippen molar-refractivity contribution in [1.29, 1.82) is 0 Å². The first kappa shape index (κ1) is 13.1. The molecule has 0 bridgehead atoms. The Morgan fingerprint density at radius 3 is 2.74 bits per heavy atom. The first-order valence-electron chi connectivity index (χ1n) is 5.74. The Morgan fingerprint density at radius 1 is 1.42 bits per heavy atom. The highest BCUT2D eigenvalue weighted by Crippen LogP contribution is 2.22. The van der Waals surface area contributed by atoms with Crippen LogP contribution in [-0.2, 0) is 16.0 Å². The van der Waals surface area contributed by atoms with Gasteiger partial charge in [-0.2, -0.15) is 4.39 Å². The summed E-state index contributed by atoms with van der Waals surface area (Å²) >= 11 is 0. The van der Waals surface area contributed by atoms with Gasteiger partial charge in [-0.3, -0.25) is 25.0 Å². The number of nitro benzene ring substituents is 1. The highest BCUT2D eigenvalue weighted by atomic mass is 19.1. The molecular formula is C12H11FN2O4. The highest BCUT2D eigenvalue weighted by molar-refractivity contribution is 5.98. The fourth-order valence-corrected chi connectivity index (χ4v) is 2.04. The van der Waals surface area contributed by atoms with Crippen molar-refractivity contribution in [3.8, 4) is 0 Å². The molecule has 1 atom stereocenters. The van der Waals surface area contributed by atoms with Crippen LogP contribution in [0.15, 0.2) is 18.2 Å². The molecule has 6 nitrogen and oxygen atoms in total. The second kappa shape index (κ2) is 5.13. The average Bonchev–Trinajstić information content (AvgIpc) is 2.32. The minimum Gasteiger partial charge on any atom is -0.296 e. The summed E-state index contributed by atoms with van der Waals surface area (Å²) < 4.78 is 13.4.